The SMILES string of the molecule is CNc1cc(Nc2cc(C)ccc2F)nc(N)n1. The molecule has 0 spiro atoms. The molecule has 0 aliphatic carbocycles. The highest BCUT2D eigenvalue weighted by Gasteiger charge is 2.05. The van der Waals surface area contributed by atoms with E-state index < -0.39 is 0 Å². The van der Waals surface area contributed by atoms with Gasteiger partial charge >= 0.3 is 0 Å². The third-order valence-corrected chi connectivity index (χ3v) is 2.38. The Balaban J connectivity index is 2.33. The van der Waals surface area contributed by atoms with Gasteiger partial charge in [0.2, 0.25) is 5.95 Å². The van der Waals surface area contributed by atoms with E-state index in [0.717, 1.165) is 5.56 Å². The first-order valence-corrected chi connectivity index (χ1v) is 5.44. The Bertz CT molecular complexity index is 570. The van der Waals surface area contributed by atoms with Crippen LogP contribution in [0.2, 0.25) is 0 Å². The van der Waals surface area contributed by atoms with Gasteiger partial charge < -0.3 is 16.4 Å². The first kappa shape index (κ1) is 12.1. The second-order valence-corrected chi connectivity index (χ2v) is 3.85. The van der Waals surface area contributed by atoms with Gasteiger partial charge in [-0.05, 0) is 24.6 Å². The van der Waals surface area contributed by atoms with Crippen LogP contribution in [0.15, 0.2) is 24.3 Å². The van der Waals surface area contributed by atoms with E-state index in [4.69, 9.17) is 5.73 Å². The molecule has 0 fully saturated rings. The summed E-state index contributed by atoms with van der Waals surface area (Å²) < 4.78 is 13.6. The zero-order valence-electron chi connectivity index (χ0n) is 10.2. The molecule has 0 atom stereocenters. The van der Waals surface area contributed by atoms with Gasteiger partial charge in [-0.3, -0.25) is 0 Å². The summed E-state index contributed by atoms with van der Waals surface area (Å²) in [6.45, 7) is 1.89. The summed E-state index contributed by atoms with van der Waals surface area (Å²) >= 11 is 0. The number of nitrogen functional groups attached to an aromatic ring is 1. The van der Waals surface area contributed by atoms with Crippen molar-refractivity contribution < 1.29 is 4.39 Å². The first-order valence-electron chi connectivity index (χ1n) is 5.44. The Morgan fingerprint density at radius 3 is 2.61 bits per heavy atom. The zero-order chi connectivity index (χ0) is 13.1. The number of nitrogens with zero attached hydrogens (tertiary/aromatic N) is 2. The van der Waals surface area contributed by atoms with E-state index in [9.17, 15) is 4.39 Å². The molecule has 5 nitrogen and oxygen atoms in total. The Labute approximate surface area is 104 Å². The lowest BCUT2D eigenvalue weighted by Crippen LogP contribution is -2.04. The van der Waals surface area contributed by atoms with Crippen molar-refractivity contribution in [2.45, 2.75) is 6.92 Å². The molecule has 0 aliphatic rings. The van der Waals surface area contributed by atoms with Crippen molar-refractivity contribution in [3.05, 3.63) is 35.6 Å². The molecular formula is C12H14FN5. The topological polar surface area (TPSA) is 75.9 Å². The van der Waals surface area contributed by atoms with Crippen LogP contribution in [-0.4, -0.2) is 17.0 Å². The quantitative estimate of drug-likeness (QED) is 0.775. The molecule has 0 aliphatic heterocycles. The molecule has 0 unspecified atom stereocenters. The van der Waals surface area contributed by atoms with Gasteiger partial charge in [0.25, 0.3) is 0 Å². The van der Waals surface area contributed by atoms with Crippen LogP contribution < -0.4 is 16.4 Å². The Morgan fingerprint density at radius 2 is 1.89 bits per heavy atom. The van der Waals surface area contributed by atoms with Gasteiger partial charge in [-0.25, -0.2) is 4.39 Å². The fourth-order valence-corrected chi connectivity index (χ4v) is 1.53. The lowest BCUT2D eigenvalue weighted by atomic mass is 10.2. The van der Waals surface area contributed by atoms with Crippen LogP contribution in [0.25, 0.3) is 0 Å². The molecule has 0 radical (unpaired) electrons. The lowest BCUT2D eigenvalue weighted by molar-refractivity contribution is 0.631. The van der Waals surface area contributed by atoms with E-state index in [1.807, 2.05) is 6.92 Å². The van der Waals surface area contributed by atoms with E-state index >= 15 is 0 Å². The predicted molar refractivity (Wildman–Crippen MR) is 70.4 cm³/mol. The molecule has 0 amide bonds. The lowest BCUT2D eigenvalue weighted by Gasteiger charge is -2.09. The van der Waals surface area contributed by atoms with Crippen LogP contribution in [0.4, 0.5) is 27.7 Å². The van der Waals surface area contributed by atoms with Crippen LogP contribution in [0, 0.1) is 12.7 Å². The average molecular weight is 247 g/mol. The maximum Gasteiger partial charge on any atom is 0.223 e. The normalized spacial score (nSPS) is 10.2. The minimum absolute atomic E-state index is 0.123. The summed E-state index contributed by atoms with van der Waals surface area (Å²) in [5.41, 5.74) is 6.87. The summed E-state index contributed by atoms with van der Waals surface area (Å²) in [5, 5.41) is 5.74. The van der Waals surface area contributed by atoms with Crippen molar-refractivity contribution in [3.8, 4) is 0 Å². The summed E-state index contributed by atoms with van der Waals surface area (Å²) in [6, 6.07) is 6.46. The van der Waals surface area contributed by atoms with Gasteiger partial charge in [-0.2, -0.15) is 9.97 Å². The third kappa shape index (κ3) is 2.65. The number of aromatic nitrogens is 2. The number of nitrogens with one attached hydrogen (secondary N) is 2. The molecule has 0 saturated carbocycles. The molecule has 18 heavy (non-hydrogen) atoms. The number of nitrogens with two attached hydrogens (primary N) is 1. The Kier molecular flexibility index (Phi) is 3.27. The van der Waals surface area contributed by atoms with Crippen molar-refractivity contribution in [3.63, 3.8) is 0 Å². The van der Waals surface area contributed by atoms with Crippen LogP contribution in [0.5, 0.6) is 0 Å². The summed E-state index contributed by atoms with van der Waals surface area (Å²) in [7, 11) is 1.72. The van der Waals surface area contributed by atoms with Crippen molar-refractivity contribution in [1.82, 2.24) is 9.97 Å². The smallest absolute Gasteiger partial charge is 0.223 e. The fraction of sp³-hybridized carbons (Fsp3) is 0.167. The number of benzene rings is 1. The summed E-state index contributed by atoms with van der Waals surface area (Å²) in [4.78, 5) is 7.95. The van der Waals surface area contributed by atoms with E-state index in [-0.39, 0.29) is 11.8 Å². The molecule has 2 aromatic rings. The number of halogens is 1. The molecule has 6 heteroatoms. The van der Waals surface area contributed by atoms with Crippen LogP contribution in [-0.2, 0) is 0 Å². The van der Waals surface area contributed by atoms with E-state index in [0.29, 0.717) is 17.3 Å². The summed E-state index contributed by atoms with van der Waals surface area (Å²) in [6.07, 6.45) is 0. The second kappa shape index (κ2) is 4.87. The number of rotatable bonds is 3. The van der Waals surface area contributed by atoms with Gasteiger partial charge in [0.15, 0.2) is 0 Å². The molecular weight excluding hydrogens is 233 g/mol. The summed E-state index contributed by atoms with van der Waals surface area (Å²) in [5.74, 6) is 0.788. The first-order chi connectivity index (χ1) is 8.58. The number of anilines is 4. The Hall–Kier alpha value is -2.37. The zero-order valence-corrected chi connectivity index (χ0v) is 10.2. The van der Waals surface area contributed by atoms with Crippen molar-refractivity contribution in [1.29, 1.82) is 0 Å². The number of hydrogen-bond donors (Lipinski definition) is 3. The van der Waals surface area contributed by atoms with Gasteiger partial charge in [0.1, 0.15) is 17.5 Å². The highest BCUT2D eigenvalue weighted by molar-refractivity contribution is 5.61. The fourth-order valence-electron chi connectivity index (χ4n) is 1.53. The molecule has 1 heterocycles. The molecule has 0 saturated heterocycles. The number of aryl methyl sites for hydroxylation is 1. The maximum atomic E-state index is 13.6. The van der Waals surface area contributed by atoms with Gasteiger partial charge in [-0.15, -0.1) is 0 Å². The average Bonchev–Trinajstić information content (AvgIpc) is 2.33. The highest BCUT2D eigenvalue weighted by Crippen LogP contribution is 2.21. The second-order valence-electron chi connectivity index (χ2n) is 3.85. The minimum atomic E-state index is -0.344. The monoisotopic (exact) mass is 247 g/mol. The maximum absolute atomic E-state index is 13.6. The van der Waals surface area contributed by atoms with Gasteiger partial charge in [0, 0.05) is 13.1 Å². The molecule has 1 aromatic carbocycles. The van der Waals surface area contributed by atoms with Gasteiger partial charge in [-0.1, -0.05) is 6.07 Å². The molecule has 0 bridgehead atoms. The largest absolute Gasteiger partial charge is 0.373 e. The Morgan fingerprint density at radius 1 is 1.17 bits per heavy atom. The molecule has 1 aromatic heterocycles. The molecule has 2 rings (SSSR count). The van der Waals surface area contributed by atoms with Gasteiger partial charge in [0.05, 0.1) is 5.69 Å². The van der Waals surface area contributed by atoms with E-state index in [2.05, 4.69) is 20.6 Å². The predicted octanol–water partition coefficient (Wildman–Crippen LogP) is 2.29. The third-order valence-electron chi connectivity index (χ3n) is 2.38. The van der Waals surface area contributed by atoms with Crippen molar-refractivity contribution in [2.24, 2.45) is 0 Å². The van der Waals surface area contributed by atoms with Crippen LogP contribution in [0.3, 0.4) is 0 Å². The molecule has 4 N–H and O–H groups in total. The van der Waals surface area contributed by atoms with E-state index in [1.54, 1.807) is 25.2 Å². The van der Waals surface area contributed by atoms with Crippen molar-refractivity contribution >= 4 is 23.3 Å². The minimum Gasteiger partial charge on any atom is -0.373 e. The highest BCUT2D eigenvalue weighted by atomic mass is 19.1. The van der Waals surface area contributed by atoms with Crippen molar-refractivity contribution in [2.75, 3.05) is 23.4 Å². The van der Waals surface area contributed by atoms with Crippen LogP contribution >= 0.6 is 0 Å². The standard InChI is InChI=1S/C12H14FN5/c1-7-3-4-8(13)9(5-7)16-11-6-10(15-2)17-12(14)18-11/h3-6H,1-2H3,(H4,14,15,16,17,18). The van der Waals surface area contributed by atoms with Crippen LogP contribution in [0.1, 0.15) is 5.56 Å². The van der Waals surface area contributed by atoms with E-state index in [1.165, 1.54) is 6.07 Å². The molecule has 94 valence electrons. The number of hydrogen-bond acceptors (Lipinski definition) is 5.